The molecule has 0 bridgehead atoms. The van der Waals surface area contributed by atoms with Gasteiger partial charge in [0.15, 0.2) is 0 Å². The van der Waals surface area contributed by atoms with Crippen LogP contribution in [0.3, 0.4) is 0 Å². The first-order valence-corrected chi connectivity index (χ1v) is 4.86. The number of nitriles is 1. The standard InChI is InChI=1S/C8H4BrClF2N2/c9-7-5(8(11)12)1-4(3-13)6(2-10)14-7/h1,8H,2H2. The quantitative estimate of drug-likeness (QED) is 0.615. The van der Waals surface area contributed by atoms with Crippen molar-refractivity contribution in [2.45, 2.75) is 12.3 Å². The third-order valence-electron chi connectivity index (χ3n) is 1.56. The Morgan fingerprint density at radius 2 is 2.29 bits per heavy atom. The van der Waals surface area contributed by atoms with Gasteiger partial charge in [0, 0.05) is 0 Å². The van der Waals surface area contributed by atoms with Crippen LogP contribution in [0.4, 0.5) is 8.78 Å². The van der Waals surface area contributed by atoms with Gasteiger partial charge in [0.2, 0.25) is 0 Å². The van der Waals surface area contributed by atoms with Crippen molar-refractivity contribution in [3.05, 3.63) is 27.5 Å². The molecule has 0 fully saturated rings. The van der Waals surface area contributed by atoms with Crippen LogP contribution in [0.2, 0.25) is 0 Å². The van der Waals surface area contributed by atoms with Crippen molar-refractivity contribution in [2.75, 3.05) is 0 Å². The van der Waals surface area contributed by atoms with Crippen molar-refractivity contribution >= 4 is 27.5 Å². The number of hydrogen-bond donors (Lipinski definition) is 0. The van der Waals surface area contributed by atoms with Gasteiger partial charge in [-0.2, -0.15) is 5.26 Å². The van der Waals surface area contributed by atoms with Crippen molar-refractivity contribution in [1.29, 1.82) is 5.26 Å². The van der Waals surface area contributed by atoms with Gasteiger partial charge >= 0.3 is 0 Å². The Balaban J connectivity index is 3.32. The average molecular weight is 281 g/mol. The Labute approximate surface area is 92.6 Å². The van der Waals surface area contributed by atoms with E-state index in [9.17, 15) is 8.78 Å². The van der Waals surface area contributed by atoms with Gasteiger partial charge in [-0.05, 0) is 22.0 Å². The number of nitrogens with zero attached hydrogens (tertiary/aromatic N) is 2. The van der Waals surface area contributed by atoms with Crippen molar-refractivity contribution in [2.24, 2.45) is 0 Å². The molecule has 0 unspecified atom stereocenters. The zero-order valence-electron chi connectivity index (χ0n) is 6.77. The largest absolute Gasteiger partial charge is 0.266 e. The predicted octanol–water partition coefficient (Wildman–Crippen LogP) is 3.39. The molecule has 1 aromatic heterocycles. The maximum atomic E-state index is 12.4. The summed E-state index contributed by atoms with van der Waals surface area (Å²) in [6.45, 7) is 0. The molecule has 0 aliphatic carbocycles. The molecule has 0 atom stereocenters. The lowest BCUT2D eigenvalue weighted by atomic mass is 10.1. The van der Waals surface area contributed by atoms with Crippen LogP contribution >= 0.6 is 27.5 Å². The molecule has 0 spiro atoms. The highest BCUT2D eigenvalue weighted by molar-refractivity contribution is 9.10. The lowest BCUT2D eigenvalue weighted by Crippen LogP contribution is -1.98. The van der Waals surface area contributed by atoms with E-state index >= 15 is 0 Å². The Kier molecular flexibility index (Phi) is 3.78. The minimum Gasteiger partial charge on any atom is -0.243 e. The highest BCUT2D eigenvalue weighted by Crippen LogP contribution is 2.28. The Morgan fingerprint density at radius 3 is 2.71 bits per heavy atom. The third kappa shape index (κ3) is 2.20. The number of pyridine rings is 1. The fourth-order valence-corrected chi connectivity index (χ4v) is 1.60. The molecule has 0 radical (unpaired) electrons. The van der Waals surface area contributed by atoms with E-state index in [1.54, 1.807) is 6.07 Å². The first kappa shape index (κ1) is 11.3. The van der Waals surface area contributed by atoms with E-state index in [0.717, 1.165) is 6.07 Å². The Morgan fingerprint density at radius 1 is 1.64 bits per heavy atom. The average Bonchev–Trinajstić information content (AvgIpc) is 2.16. The van der Waals surface area contributed by atoms with E-state index in [1.165, 1.54) is 0 Å². The normalized spacial score (nSPS) is 10.3. The summed E-state index contributed by atoms with van der Waals surface area (Å²) >= 11 is 8.39. The van der Waals surface area contributed by atoms with Gasteiger partial charge < -0.3 is 0 Å². The number of alkyl halides is 3. The topological polar surface area (TPSA) is 36.7 Å². The van der Waals surface area contributed by atoms with Crippen LogP contribution in [-0.2, 0) is 5.88 Å². The number of aromatic nitrogens is 1. The van der Waals surface area contributed by atoms with Gasteiger partial charge in [-0.1, -0.05) is 0 Å². The molecule has 1 heterocycles. The van der Waals surface area contributed by atoms with Crippen LogP contribution in [0.15, 0.2) is 10.7 Å². The summed E-state index contributed by atoms with van der Waals surface area (Å²) in [5.41, 5.74) is 0.0827. The summed E-state index contributed by atoms with van der Waals surface area (Å²) in [7, 11) is 0. The van der Waals surface area contributed by atoms with E-state index < -0.39 is 6.43 Å². The number of halogens is 4. The highest BCUT2D eigenvalue weighted by atomic mass is 79.9. The molecule has 74 valence electrons. The summed E-state index contributed by atoms with van der Waals surface area (Å²) in [6, 6.07) is 2.86. The zero-order valence-corrected chi connectivity index (χ0v) is 9.11. The highest BCUT2D eigenvalue weighted by Gasteiger charge is 2.16. The third-order valence-corrected chi connectivity index (χ3v) is 2.45. The molecule has 1 aromatic rings. The molecule has 6 heteroatoms. The van der Waals surface area contributed by atoms with Crippen LogP contribution in [0.1, 0.15) is 23.2 Å². The van der Waals surface area contributed by atoms with E-state index in [0.29, 0.717) is 5.69 Å². The second-order valence-electron chi connectivity index (χ2n) is 2.41. The Bertz CT molecular complexity index is 390. The van der Waals surface area contributed by atoms with Crippen molar-refractivity contribution < 1.29 is 8.78 Å². The van der Waals surface area contributed by atoms with Gasteiger partial charge in [-0.3, -0.25) is 0 Å². The SMILES string of the molecule is N#Cc1cc(C(F)F)c(Br)nc1CCl. The molecular formula is C8H4BrClF2N2. The molecule has 0 amide bonds. The van der Waals surface area contributed by atoms with E-state index in [-0.39, 0.29) is 21.6 Å². The molecule has 0 aromatic carbocycles. The molecular weight excluding hydrogens is 277 g/mol. The zero-order chi connectivity index (χ0) is 10.7. The first-order valence-electron chi connectivity index (χ1n) is 3.53. The lowest BCUT2D eigenvalue weighted by molar-refractivity contribution is 0.150. The molecule has 14 heavy (non-hydrogen) atoms. The van der Waals surface area contributed by atoms with Crippen LogP contribution in [0, 0.1) is 11.3 Å². The van der Waals surface area contributed by atoms with Crippen LogP contribution in [0.5, 0.6) is 0 Å². The van der Waals surface area contributed by atoms with Gasteiger partial charge in [-0.15, -0.1) is 11.6 Å². The van der Waals surface area contributed by atoms with Crippen molar-refractivity contribution in [1.82, 2.24) is 4.98 Å². The monoisotopic (exact) mass is 280 g/mol. The van der Waals surface area contributed by atoms with E-state index in [1.807, 2.05) is 0 Å². The molecule has 0 saturated heterocycles. The second-order valence-corrected chi connectivity index (χ2v) is 3.43. The van der Waals surface area contributed by atoms with Crippen LogP contribution in [0.25, 0.3) is 0 Å². The number of hydrogen-bond acceptors (Lipinski definition) is 2. The summed E-state index contributed by atoms with van der Waals surface area (Å²) in [5.74, 6) is 0.0189. The summed E-state index contributed by atoms with van der Waals surface area (Å²) in [6.07, 6.45) is -2.66. The summed E-state index contributed by atoms with van der Waals surface area (Å²) < 4.78 is 24.8. The summed E-state index contributed by atoms with van der Waals surface area (Å²) in [5, 5.41) is 8.64. The lowest BCUT2D eigenvalue weighted by Gasteiger charge is -2.05. The molecule has 0 aliphatic heterocycles. The van der Waals surface area contributed by atoms with Gasteiger partial charge in [-0.25, -0.2) is 13.8 Å². The maximum Gasteiger partial charge on any atom is 0.266 e. The minimum atomic E-state index is -2.66. The predicted molar refractivity (Wildman–Crippen MR) is 51.2 cm³/mol. The first-order chi connectivity index (χ1) is 6.60. The molecule has 1 rings (SSSR count). The van der Waals surface area contributed by atoms with Crippen LogP contribution in [-0.4, -0.2) is 4.98 Å². The minimum absolute atomic E-state index is 0.0189. The molecule has 2 nitrogen and oxygen atoms in total. The maximum absolute atomic E-state index is 12.4. The number of rotatable bonds is 2. The van der Waals surface area contributed by atoms with Gasteiger partial charge in [0.25, 0.3) is 6.43 Å². The van der Waals surface area contributed by atoms with E-state index in [2.05, 4.69) is 20.9 Å². The van der Waals surface area contributed by atoms with Crippen molar-refractivity contribution in [3.8, 4) is 6.07 Å². The van der Waals surface area contributed by atoms with Crippen molar-refractivity contribution in [3.63, 3.8) is 0 Å². The fraction of sp³-hybridized carbons (Fsp3) is 0.250. The fourth-order valence-electron chi connectivity index (χ4n) is 0.893. The smallest absolute Gasteiger partial charge is 0.243 e. The van der Waals surface area contributed by atoms with Gasteiger partial charge in [0.1, 0.15) is 10.7 Å². The van der Waals surface area contributed by atoms with Crippen LogP contribution < -0.4 is 0 Å². The summed E-state index contributed by atoms with van der Waals surface area (Å²) in [4.78, 5) is 3.77. The van der Waals surface area contributed by atoms with Gasteiger partial charge in [0.05, 0.1) is 22.7 Å². The molecule has 0 N–H and O–H groups in total. The molecule has 0 saturated carbocycles. The molecule has 0 aliphatic rings. The Hall–Kier alpha value is -0.730. The second kappa shape index (κ2) is 4.67. The van der Waals surface area contributed by atoms with E-state index in [4.69, 9.17) is 16.9 Å².